The van der Waals surface area contributed by atoms with Crippen LogP contribution in [0.5, 0.6) is 0 Å². The number of pyridine rings is 1. The number of nitrogens with zero attached hydrogens (tertiary/aromatic N) is 1. The Morgan fingerprint density at radius 3 is 2.95 bits per heavy atom. The highest BCUT2D eigenvalue weighted by atomic mass is 16.5. The standard InChI is InChI=1S/C16H24N2O/c1-17-15(14-5-4-9-18-12-14)13-6-10-19-16(11-13)7-2-3-8-16/h4-5,9,12-13,15,17H,2-3,6-8,10-11H2,1H3. The monoisotopic (exact) mass is 260 g/mol. The first-order valence-electron chi connectivity index (χ1n) is 7.54. The van der Waals surface area contributed by atoms with Crippen LogP contribution in [0.15, 0.2) is 24.5 Å². The molecule has 2 aliphatic rings. The fourth-order valence-corrected chi connectivity index (χ4v) is 3.95. The van der Waals surface area contributed by atoms with Gasteiger partial charge in [0.05, 0.1) is 5.60 Å². The highest BCUT2D eigenvalue weighted by molar-refractivity contribution is 5.15. The smallest absolute Gasteiger partial charge is 0.0686 e. The Morgan fingerprint density at radius 2 is 2.26 bits per heavy atom. The fourth-order valence-electron chi connectivity index (χ4n) is 3.95. The van der Waals surface area contributed by atoms with Gasteiger partial charge in [-0.25, -0.2) is 0 Å². The van der Waals surface area contributed by atoms with Crippen LogP contribution in [0.1, 0.15) is 50.1 Å². The number of aromatic nitrogens is 1. The van der Waals surface area contributed by atoms with E-state index in [0.717, 1.165) is 13.0 Å². The van der Waals surface area contributed by atoms with Crippen molar-refractivity contribution in [3.63, 3.8) is 0 Å². The molecule has 1 aliphatic carbocycles. The van der Waals surface area contributed by atoms with Crippen LogP contribution in [0.2, 0.25) is 0 Å². The molecule has 3 nitrogen and oxygen atoms in total. The van der Waals surface area contributed by atoms with E-state index in [-0.39, 0.29) is 5.60 Å². The van der Waals surface area contributed by atoms with E-state index >= 15 is 0 Å². The van der Waals surface area contributed by atoms with Gasteiger partial charge in [-0.2, -0.15) is 0 Å². The molecule has 2 unspecified atom stereocenters. The zero-order valence-corrected chi connectivity index (χ0v) is 11.8. The maximum Gasteiger partial charge on any atom is 0.0686 e. The van der Waals surface area contributed by atoms with Crippen LogP contribution in [0.25, 0.3) is 0 Å². The van der Waals surface area contributed by atoms with Crippen molar-refractivity contribution in [1.29, 1.82) is 0 Å². The second-order valence-corrected chi connectivity index (χ2v) is 6.04. The molecule has 1 saturated carbocycles. The predicted octanol–water partition coefficient (Wildman–Crippen LogP) is 3.08. The van der Waals surface area contributed by atoms with Gasteiger partial charge in [0.15, 0.2) is 0 Å². The van der Waals surface area contributed by atoms with Crippen LogP contribution in [0.3, 0.4) is 0 Å². The topological polar surface area (TPSA) is 34.2 Å². The third-order valence-corrected chi connectivity index (χ3v) is 4.87. The second-order valence-electron chi connectivity index (χ2n) is 6.04. The van der Waals surface area contributed by atoms with Gasteiger partial charge in [-0.3, -0.25) is 4.98 Å². The molecule has 2 atom stereocenters. The van der Waals surface area contributed by atoms with E-state index in [1.54, 1.807) is 0 Å². The van der Waals surface area contributed by atoms with Gasteiger partial charge in [-0.1, -0.05) is 18.9 Å². The molecule has 1 aliphatic heterocycles. The molecule has 2 heterocycles. The van der Waals surface area contributed by atoms with Gasteiger partial charge >= 0.3 is 0 Å². The maximum atomic E-state index is 6.14. The fraction of sp³-hybridized carbons (Fsp3) is 0.688. The Kier molecular flexibility index (Phi) is 3.85. The van der Waals surface area contributed by atoms with E-state index in [2.05, 4.69) is 23.4 Å². The summed E-state index contributed by atoms with van der Waals surface area (Å²) < 4.78 is 6.14. The summed E-state index contributed by atoms with van der Waals surface area (Å²) in [6, 6.07) is 4.63. The minimum Gasteiger partial charge on any atom is -0.375 e. The lowest BCUT2D eigenvalue weighted by molar-refractivity contribution is -0.0979. The summed E-state index contributed by atoms with van der Waals surface area (Å²) >= 11 is 0. The number of nitrogens with one attached hydrogen (secondary N) is 1. The van der Waals surface area contributed by atoms with E-state index in [1.165, 1.54) is 37.7 Å². The molecule has 0 bridgehead atoms. The van der Waals surface area contributed by atoms with Crippen molar-refractivity contribution >= 4 is 0 Å². The van der Waals surface area contributed by atoms with E-state index in [4.69, 9.17) is 4.74 Å². The molecule has 1 aromatic heterocycles. The summed E-state index contributed by atoms with van der Waals surface area (Å²) in [5, 5.41) is 3.50. The summed E-state index contributed by atoms with van der Waals surface area (Å²) in [7, 11) is 2.06. The quantitative estimate of drug-likeness (QED) is 0.907. The Hall–Kier alpha value is -0.930. The normalized spacial score (nSPS) is 27.5. The molecule has 1 saturated heterocycles. The summed E-state index contributed by atoms with van der Waals surface area (Å²) in [6.45, 7) is 0.920. The van der Waals surface area contributed by atoms with Gasteiger partial charge in [0.1, 0.15) is 0 Å². The van der Waals surface area contributed by atoms with E-state index in [1.807, 2.05) is 18.5 Å². The SMILES string of the molecule is CNC(c1cccnc1)C1CCOC2(CCCC2)C1. The van der Waals surface area contributed by atoms with Crippen molar-refractivity contribution in [2.24, 2.45) is 5.92 Å². The van der Waals surface area contributed by atoms with Gasteiger partial charge in [0.25, 0.3) is 0 Å². The third kappa shape index (κ3) is 2.67. The number of hydrogen-bond acceptors (Lipinski definition) is 3. The Labute approximate surface area is 115 Å². The molecule has 19 heavy (non-hydrogen) atoms. The minimum absolute atomic E-state index is 0.195. The summed E-state index contributed by atoms with van der Waals surface area (Å²) in [5.74, 6) is 0.668. The molecule has 1 aromatic rings. The average Bonchev–Trinajstić information content (AvgIpc) is 2.89. The van der Waals surface area contributed by atoms with Crippen LogP contribution in [0, 0.1) is 5.92 Å². The first-order chi connectivity index (χ1) is 9.33. The third-order valence-electron chi connectivity index (χ3n) is 4.87. The van der Waals surface area contributed by atoms with Crippen molar-refractivity contribution in [1.82, 2.24) is 10.3 Å². The second kappa shape index (κ2) is 5.59. The Balaban J connectivity index is 1.76. The van der Waals surface area contributed by atoms with Crippen molar-refractivity contribution in [2.75, 3.05) is 13.7 Å². The molecular weight excluding hydrogens is 236 g/mol. The molecule has 3 heteroatoms. The van der Waals surface area contributed by atoms with Gasteiger partial charge in [0.2, 0.25) is 0 Å². The van der Waals surface area contributed by atoms with E-state index in [9.17, 15) is 0 Å². The zero-order chi connectivity index (χ0) is 13.1. The van der Waals surface area contributed by atoms with Gasteiger partial charge in [-0.05, 0) is 50.3 Å². The lowest BCUT2D eigenvalue weighted by Crippen LogP contribution is -2.41. The molecule has 2 fully saturated rings. The molecule has 0 aromatic carbocycles. The lowest BCUT2D eigenvalue weighted by atomic mass is 9.79. The molecule has 0 amide bonds. The van der Waals surface area contributed by atoms with Crippen LogP contribution in [0.4, 0.5) is 0 Å². The van der Waals surface area contributed by atoms with Crippen molar-refractivity contribution in [3.05, 3.63) is 30.1 Å². The van der Waals surface area contributed by atoms with Gasteiger partial charge < -0.3 is 10.1 Å². The summed E-state index contributed by atoms with van der Waals surface area (Å²) in [4.78, 5) is 4.27. The van der Waals surface area contributed by atoms with E-state index in [0.29, 0.717) is 12.0 Å². The van der Waals surface area contributed by atoms with Crippen LogP contribution >= 0.6 is 0 Å². The first-order valence-corrected chi connectivity index (χ1v) is 7.54. The van der Waals surface area contributed by atoms with Crippen LogP contribution in [-0.2, 0) is 4.74 Å². The average molecular weight is 260 g/mol. The van der Waals surface area contributed by atoms with Gasteiger partial charge in [-0.15, -0.1) is 0 Å². The van der Waals surface area contributed by atoms with Crippen LogP contribution < -0.4 is 5.32 Å². The van der Waals surface area contributed by atoms with Crippen molar-refractivity contribution in [2.45, 2.75) is 50.2 Å². The van der Waals surface area contributed by atoms with Gasteiger partial charge in [0, 0.05) is 25.0 Å². The molecule has 0 radical (unpaired) electrons. The lowest BCUT2D eigenvalue weighted by Gasteiger charge is -2.41. The summed E-state index contributed by atoms with van der Waals surface area (Å²) in [5.41, 5.74) is 1.50. The molecule has 1 N–H and O–H groups in total. The number of ether oxygens (including phenoxy) is 1. The Bertz CT molecular complexity index is 400. The van der Waals surface area contributed by atoms with Crippen molar-refractivity contribution in [3.8, 4) is 0 Å². The summed E-state index contributed by atoms with van der Waals surface area (Å²) in [6.07, 6.45) is 11.4. The first kappa shape index (κ1) is 13.1. The maximum absolute atomic E-state index is 6.14. The van der Waals surface area contributed by atoms with Crippen molar-refractivity contribution < 1.29 is 4.74 Å². The minimum atomic E-state index is 0.195. The number of hydrogen-bond donors (Lipinski definition) is 1. The molecule has 3 rings (SSSR count). The van der Waals surface area contributed by atoms with E-state index < -0.39 is 0 Å². The highest BCUT2D eigenvalue weighted by Gasteiger charge is 2.41. The Morgan fingerprint density at radius 1 is 1.42 bits per heavy atom. The molecule has 1 spiro atoms. The predicted molar refractivity (Wildman–Crippen MR) is 75.9 cm³/mol. The molecular formula is C16H24N2O. The zero-order valence-electron chi connectivity index (χ0n) is 11.8. The number of rotatable bonds is 3. The molecule has 104 valence electrons. The highest BCUT2D eigenvalue weighted by Crippen LogP contribution is 2.45. The largest absolute Gasteiger partial charge is 0.375 e. The van der Waals surface area contributed by atoms with Crippen LogP contribution in [-0.4, -0.2) is 24.2 Å².